The topological polar surface area (TPSA) is 119 Å². The van der Waals surface area contributed by atoms with Gasteiger partial charge in [0.15, 0.2) is 23.0 Å². The van der Waals surface area contributed by atoms with Gasteiger partial charge in [0.1, 0.15) is 0 Å². The summed E-state index contributed by atoms with van der Waals surface area (Å²) in [4.78, 5) is 33.9. The number of methoxy groups -OCH3 is 2. The molecule has 0 saturated heterocycles. The summed E-state index contributed by atoms with van der Waals surface area (Å²) in [6, 6.07) is 19.9. The molecule has 0 unspecified atom stereocenters. The number of imidazole rings is 1. The summed E-state index contributed by atoms with van der Waals surface area (Å²) in [5.74, 6) is 1.42. The molecule has 0 radical (unpaired) electrons. The van der Waals surface area contributed by atoms with Crippen molar-refractivity contribution in [3.8, 4) is 22.8 Å². The van der Waals surface area contributed by atoms with Gasteiger partial charge in [0.25, 0.3) is 5.91 Å². The quantitative estimate of drug-likeness (QED) is 0.250. The van der Waals surface area contributed by atoms with E-state index in [0.717, 1.165) is 16.8 Å². The van der Waals surface area contributed by atoms with Crippen LogP contribution in [0.5, 0.6) is 11.5 Å². The van der Waals surface area contributed by atoms with Crippen molar-refractivity contribution in [3.63, 3.8) is 0 Å². The maximum atomic E-state index is 13.1. The van der Waals surface area contributed by atoms with Gasteiger partial charge < -0.3 is 29.8 Å². The molecular weight excluding hydrogens is 508 g/mol. The highest BCUT2D eigenvalue weighted by atomic mass is 16.5. The highest BCUT2D eigenvalue weighted by Gasteiger charge is 2.14. The first kappa shape index (κ1) is 26.2. The number of ether oxygens (including phenoxy) is 2. The van der Waals surface area contributed by atoms with Crippen LogP contribution in [-0.4, -0.2) is 47.5 Å². The summed E-state index contributed by atoms with van der Waals surface area (Å²) in [7, 11) is 4.77. The summed E-state index contributed by atoms with van der Waals surface area (Å²) >= 11 is 0. The lowest BCUT2D eigenvalue weighted by Crippen LogP contribution is -2.19. The van der Waals surface area contributed by atoms with E-state index in [2.05, 4.69) is 20.9 Å². The molecule has 3 N–H and O–H groups in total. The zero-order valence-corrected chi connectivity index (χ0v) is 22.3. The Morgan fingerprint density at radius 3 is 2.45 bits per heavy atom. The van der Waals surface area contributed by atoms with Crippen molar-refractivity contribution in [2.75, 3.05) is 31.9 Å². The predicted octanol–water partition coefficient (Wildman–Crippen LogP) is 4.70. The molecule has 202 valence electrons. The molecule has 10 nitrogen and oxygen atoms in total. The average Bonchev–Trinajstić information content (AvgIpc) is 3.47. The van der Waals surface area contributed by atoms with Gasteiger partial charge in [0.2, 0.25) is 5.91 Å². The number of rotatable bonds is 9. The lowest BCUT2D eigenvalue weighted by Gasteiger charge is -2.13. The number of carbonyl (C=O) groups excluding carboxylic acids is 2. The third-order valence-corrected chi connectivity index (χ3v) is 6.30. The van der Waals surface area contributed by atoms with E-state index in [4.69, 9.17) is 14.5 Å². The van der Waals surface area contributed by atoms with Crippen molar-refractivity contribution in [3.05, 3.63) is 96.4 Å². The van der Waals surface area contributed by atoms with Crippen LogP contribution >= 0.6 is 0 Å². The molecule has 5 rings (SSSR count). The van der Waals surface area contributed by atoms with Crippen LogP contribution in [0.1, 0.15) is 15.9 Å². The van der Waals surface area contributed by atoms with E-state index in [1.54, 1.807) is 51.7 Å². The van der Waals surface area contributed by atoms with Gasteiger partial charge in [-0.2, -0.15) is 0 Å². The number of hydrogen-bond acceptors (Lipinski definition) is 7. The smallest absolute Gasteiger partial charge is 0.255 e. The Morgan fingerprint density at radius 1 is 0.925 bits per heavy atom. The van der Waals surface area contributed by atoms with Crippen molar-refractivity contribution < 1.29 is 19.1 Å². The molecule has 0 spiro atoms. The molecule has 10 heteroatoms. The van der Waals surface area contributed by atoms with Gasteiger partial charge in [0, 0.05) is 54.2 Å². The first-order valence-electron chi connectivity index (χ1n) is 12.5. The molecule has 3 aromatic carbocycles. The van der Waals surface area contributed by atoms with E-state index in [9.17, 15) is 9.59 Å². The van der Waals surface area contributed by atoms with Gasteiger partial charge in [-0.1, -0.05) is 24.3 Å². The van der Waals surface area contributed by atoms with Gasteiger partial charge >= 0.3 is 0 Å². The van der Waals surface area contributed by atoms with Crippen LogP contribution in [-0.2, 0) is 11.2 Å². The van der Waals surface area contributed by atoms with Crippen LogP contribution in [0.4, 0.5) is 17.2 Å². The SMILES string of the molecule is CNC(=O)Cc1ccc(NC(=O)c2cccc(-c3cn4ccnc4c(Nc4ccc(OC)c(OC)c4)n3)c2)cc1. The Labute approximate surface area is 231 Å². The second-order valence-corrected chi connectivity index (χ2v) is 8.91. The number of nitrogens with zero attached hydrogens (tertiary/aromatic N) is 3. The van der Waals surface area contributed by atoms with Gasteiger partial charge in [-0.3, -0.25) is 9.59 Å². The average molecular weight is 537 g/mol. The van der Waals surface area contributed by atoms with Gasteiger partial charge in [-0.05, 0) is 42.0 Å². The van der Waals surface area contributed by atoms with Crippen LogP contribution in [0.3, 0.4) is 0 Å². The normalized spacial score (nSPS) is 10.7. The predicted molar refractivity (Wildman–Crippen MR) is 153 cm³/mol. The monoisotopic (exact) mass is 536 g/mol. The molecule has 40 heavy (non-hydrogen) atoms. The molecule has 2 amide bonds. The highest BCUT2D eigenvalue weighted by Crippen LogP contribution is 2.32. The summed E-state index contributed by atoms with van der Waals surface area (Å²) in [5.41, 5.74) is 4.79. The van der Waals surface area contributed by atoms with Gasteiger partial charge in [0.05, 0.1) is 26.3 Å². The maximum absolute atomic E-state index is 13.1. The second kappa shape index (κ2) is 11.6. The number of benzene rings is 3. The third kappa shape index (κ3) is 5.70. The van der Waals surface area contributed by atoms with E-state index >= 15 is 0 Å². The van der Waals surface area contributed by atoms with Crippen LogP contribution in [0.15, 0.2) is 85.3 Å². The van der Waals surface area contributed by atoms with E-state index in [-0.39, 0.29) is 18.2 Å². The molecule has 0 aliphatic rings. The number of likely N-dealkylation sites (N-methyl/N-ethyl adjacent to an activating group) is 1. The van der Waals surface area contributed by atoms with Crippen LogP contribution in [0.2, 0.25) is 0 Å². The minimum absolute atomic E-state index is 0.0711. The molecule has 0 saturated carbocycles. The van der Waals surface area contributed by atoms with Gasteiger partial charge in [-0.25, -0.2) is 9.97 Å². The number of aromatic nitrogens is 3. The number of carbonyl (C=O) groups is 2. The molecule has 2 heterocycles. The number of hydrogen-bond donors (Lipinski definition) is 3. The van der Waals surface area contributed by atoms with E-state index in [1.807, 2.05) is 59.3 Å². The fraction of sp³-hybridized carbons (Fsp3) is 0.133. The maximum Gasteiger partial charge on any atom is 0.255 e. The summed E-state index contributed by atoms with van der Waals surface area (Å²) in [5, 5.41) is 8.84. The zero-order chi connectivity index (χ0) is 28.1. The minimum atomic E-state index is -0.256. The Hall–Kier alpha value is -5.38. The molecule has 5 aromatic rings. The van der Waals surface area contributed by atoms with E-state index in [0.29, 0.717) is 39.9 Å². The Kier molecular flexibility index (Phi) is 7.58. The Morgan fingerprint density at radius 2 is 1.70 bits per heavy atom. The Balaban J connectivity index is 1.39. The third-order valence-electron chi connectivity index (χ3n) is 6.30. The van der Waals surface area contributed by atoms with Crippen molar-refractivity contribution in [1.82, 2.24) is 19.7 Å². The zero-order valence-electron chi connectivity index (χ0n) is 22.3. The van der Waals surface area contributed by atoms with Gasteiger partial charge in [-0.15, -0.1) is 0 Å². The van der Waals surface area contributed by atoms with Crippen molar-refractivity contribution in [1.29, 1.82) is 0 Å². The van der Waals surface area contributed by atoms with Crippen molar-refractivity contribution in [2.45, 2.75) is 6.42 Å². The highest BCUT2D eigenvalue weighted by molar-refractivity contribution is 6.05. The van der Waals surface area contributed by atoms with Crippen LogP contribution in [0.25, 0.3) is 16.9 Å². The first-order chi connectivity index (χ1) is 19.5. The first-order valence-corrected chi connectivity index (χ1v) is 12.5. The Bertz CT molecular complexity index is 1680. The summed E-state index contributed by atoms with van der Waals surface area (Å²) in [6.45, 7) is 0. The van der Waals surface area contributed by atoms with E-state index in [1.165, 1.54) is 0 Å². The second-order valence-electron chi connectivity index (χ2n) is 8.91. The van der Waals surface area contributed by atoms with Crippen LogP contribution < -0.4 is 25.4 Å². The van der Waals surface area contributed by atoms with Crippen LogP contribution in [0, 0.1) is 0 Å². The van der Waals surface area contributed by atoms with Crippen molar-refractivity contribution in [2.24, 2.45) is 0 Å². The largest absolute Gasteiger partial charge is 0.493 e. The molecule has 0 atom stereocenters. The molecular formula is C30H28N6O4. The van der Waals surface area contributed by atoms with E-state index < -0.39 is 0 Å². The lowest BCUT2D eigenvalue weighted by molar-refractivity contribution is -0.119. The number of anilines is 3. The fourth-order valence-corrected chi connectivity index (χ4v) is 4.21. The molecule has 2 aromatic heterocycles. The summed E-state index contributed by atoms with van der Waals surface area (Å²) in [6.07, 6.45) is 5.68. The molecule has 0 bridgehead atoms. The number of nitrogens with one attached hydrogen (secondary N) is 3. The fourth-order valence-electron chi connectivity index (χ4n) is 4.21. The standard InChI is InChI=1S/C30H28N6O4/c1-31-27(37)15-19-7-9-22(10-8-19)34-30(38)21-6-4-5-20(16-21)24-18-36-14-13-32-29(36)28(35-24)33-23-11-12-25(39-2)26(17-23)40-3/h4-14,16-18H,15H2,1-3H3,(H,31,37)(H,33,35)(H,34,38). The molecule has 0 aliphatic heterocycles. The minimum Gasteiger partial charge on any atom is -0.493 e. The molecule has 0 fully saturated rings. The lowest BCUT2D eigenvalue weighted by atomic mass is 10.1. The summed E-state index contributed by atoms with van der Waals surface area (Å²) < 4.78 is 12.6. The number of fused-ring (bicyclic) bond motifs is 1. The van der Waals surface area contributed by atoms with Crippen molar-refractivity contribution >= 4 is 34.7 Å². The molecule has 0 aliphatic carbocycles. The number of amides is 2.